The molecule has 2 amide bonds. The highest BCUT2D eigenvalue weighted by Crippen LogP contribution is 2.19. The van der Waals surface area contributed by atoms with Crippen LogP contribution in [0, 0.1) is 0 Å². The van der Waals surface area contributed by atoms with Gasteiger partial charge in [0.05, 0.1) is 5.75 Å². The Morgan fingerprint density at radius 2 is 1.65 bits per heavy atom. The first-order valence-corrected chi connectivity index (χ1v) is 12.8. The largest absolute Gasteiger partial charge is 0.352 e. The van der Waals surface area contributed by atoms with Crippen molar-refractivity contribution in [1.82, 2.24) is 10.2 Å². The monoisotopic (exact) mass is 524 g/mol. The number of amides is 2. The molecule has 0 radical (unpaired) electrons. The van der Waals surface area contributed by atoms with Gasteiger partial charge in [0.15, 0.2) is 0 Å². The van der Waals surface area contributed by atoms with Crippen molar-refractivity contribution in [3.8, 4) is 0 Å². The average Bonchev–Trinajstić information content (AvgIpc) is 2.76. The number of hydrogen-bond acceptors (Lipinski definition) is 3. The van der Waals surface area contributed by atoms with Crippen molar-refractivity contribution < 1.29 is 9.59 Å². The summed E-state index contributed by atoms with van der Waals surface area (Å²) >= 11 is 11.0. The Morgan fingerprint density at radius 1 is 1.03 bits per heavy atom. The van der Waals surface area contributed by atoms with Gasteiger partial charge < -0.3 is 10.2 Å². The normalized spacial score (nSPS) is 12.8. The van der Waals surface area contributed by atoms with Crippen LogP contribution in [0.1, 0.15) is 44.7 Å². The molecule has 2 aromatic carbocycles. The highest BCUT2D eigenvalue weighted by molar-refractivity contribution is 9.10. The lowest BCUT2D eigenvalue weighted by Gasteiger charge is -2.31. The lowest BCUT2D eigenvalue weighted by molar-refractivity contribution is -0.139. The summed E-state index contributed by atoms with van der Waals surface area (Å²) in [5, 5.41) is 3.68. The van der Waals surface area contributed by atoms with Crippen molar-refractivity contribution in [2.24, 2.45) is 0 Å². The van der Waals surface area contributed by atoms with Crippen LogP contribution in [0.5, 0.6) is 0 Å². The summed E-state index contributed by atoms with van der Waals surface area (Å²) in [7, 11) is 0. The van der Waals surface area contributed by atoms with Crippen LogP contribution in [0.4, 0.5) is 0 Å². The van der Waals surface area contributed by atoms with E-state index in [9.17, 15) is 9.59 Å². The summed E-state index contributed by atoms with van der Waals surface area (Å²) in [4.78, 5) is 27.8. The minimum absolute atomic E-state index is 0.0387. The number of rotatable bonds is 11. The van der Waals surface area contributed by atoms with Crippen LogP contribution in [0.2, 0.25) is 5.02 Å². The molecule has 0 saturated carbocycles. The summed E-state index contributed by atoms with van der Waals surface area (Å²) in [5.41, 5.74) is 2.11. The predicted octanol–water partition coefficient (Wildman–Crippen LogP) is 6.06. The quantitative estimate of drug-likeness (QED) is 0.388. The van der Waals surface area contributed by atoms with Gasteiger partial charge in [-0.25, -0.2) is 0 Å². The lowest BCUT2D eigenvalue weighted by Crippen LogP contribution is -2.51. The molecule has 2 rings (SSSR count). The van der Waals surface area contributed by atoms with Crippen LogP contribution >= 0.6 is 39.3 Å². The molecule has 0 aliphatic heterocycles. The first-order chi connectivity index (χ1) is 14.8. The highest BCUT2D eigenvalue weighted by atomic mass is 79.9. The summed E-state index contributed by atoms with van der Waals surface area (Å²) in [6.45, 7) is 6.32. The number of carbonyl (C=O) groups is 2. The molecule has 2 atom stereocenters. The number of carbonyl (C=O) groups excluding carboxylic acids is 2. The van der Waals surface area contributed by atoms with Gasteiger partial charge in [-0.05, 0) is 55.2 Å². The van der Waals surface area contributed by atoms with E-state index in [0.29, 0.717) is 23.7 Å². The third-order valence-electron chi connectivity index (χ3n) is 5.06. The van der Waals surface area contributed by atoms with E-state index in [4.69, 9.17) is 11.6 Å². The van der Waals surface area contributed by atoms with Crippen molar-refractivity contribution in [3.05, 3.63) is 69.2 Å². The van der Waals surface area contributed by atoms with Crippen molar-refractivity contribution in [3.63, 3.8) is 0 Å². The first-order valence-electron chi connectivity index (χ1n) is 10.5. The van der Waals surface area contributed by atoms with Crippen LogP contribution in [-0.2, 0) is 21.9 Å². The van der Waals surface area contributed by atoms with E-state index in [1.807, 2.05) is 69.3 Å². The minimum Gasteiger partial charge on any atom is -0.352 e. The number of halogens is 2. The number of nitrogens with zero attached hydrogens (tertiary/aromatic N) is 1. The zero-order valence-electron chi connectivity index (χ0n) is 18.2. The van der Waals surface area contributed by atoms with Gasteiger partial charge in [-0.2, -0.15) is 0 Å². The van der Waals surface area contributed by atoms with Crippen molar-refractivity contribution in [2.75, 3.05) is 5.75 Å². The number of hydrogen-bond donors (Lipinski definition) is 1. The van der Waals surface area contributed by atoms with Gasteiger partial charge in [-0.1, -0.05) is 65.6 Å². The van der Waals surface area contributed by atoms with Gasteiger partial charge in [0, 0.05) is 27.8 Å². The van der Waals surface area contributed by atoms with E-state index in [2.05, 4.69) is 21.2 Å². The summed E-state index contributed by atoms with van der Waals surface area (Å²) in [6, 6.07) is 15.1. The number of nitrogens with one attached hydrogen (secondary N) is 1. The predicted molar refractivity (Wildman–Crippen MR) is 134 cm³/mol. The lowest BCUT2D eigenvalue weighted by atomic mass is 10.1. The van der Waals surface area contributed by atoms with Crippen LogP contribution in [-0.4, -0.2) is 34.6 Å². The van der Waals surface area contributed by atoms with Gasteiger partial charge in [-0.15, -0.1) is 11.8 Å². The van der Waals surface area contributed by atoms with Gasteiger partial charge in [0.1, 0.15) is 6.04 Å². The standard InChI is InChI=1S/C24H30BrClN2O2S/c1-4-17(3)27-24(30)22(5-2)28(14-18-8-12-21(26)13-9-18)23(29)16-31-15-19-6-10-20(25)11-7-19/h6-13,17,22H,4-5,14-16H2,1-3H3,(H,27,30). The molecule has 31 heavy (non-hydrogen) atoms. The smallest absolute Gasteiger partial charge is 0.243 e. The topological polar surface area (TPSA) is 49.4 Å². The maximum Gasteiger partial charge on any atom is 0.243 e. The van der Waals surface area contributed by atoms with E-state index in [0.717, 1.165) is 27.8 Å². The second-order valence-electron chi connectivity index (χ2n) is 7.51. The zero-order valence-corrected chi connectivity index (χ0v) is 21.4. The second kappa shape index (κ2) is 13.1. The molecule has 0 bridgehead atoms. The Balaban J connectivity index is 2.12. The minimum atomic E-state index is -0.509. The molecule has 0 heterocycles. The maximum absolute atomic E-state index is 13.2. The number of thioether (sulfide) groups is 1. The fourth-order valence-electron chi connectivity index (χ4n) is 3.07. The van der Waals surface area contributed by atoms with Crippen LogP contribution < -0.4 is 5.32 Å². The van der Waals surface area contributed by atoms with Crippen LogP contribution in [0.15, 0.2) is 53.0 Å². The van der Waals surface area contributed by atoms with Gasteiger partial charge in [0.2, 0.25) is 11.8 Å². The molecule has 0 aliphatic rings. The molecule has 7 heteroatoms. The molecule has 168 valence electrons. The fourth-order valence-corrected chi connectivity index (χ4v) is 4.33. The molecular weight excluding hydrogens is 496 g/mol. The molecule has 0 aliphatic carbocycles. The molecule has 0 aromatic heterocycles. The Morgan fingerprint density at radius 3 is 2.23 bits per heavy atom. The molecule has 2 aromatic rings. The van der Waals surface area contributed by atoms with E-state index in [-0.39, 0.29) is 17.9 Å². The summed E-state index contributed by atoms with van der Waals surface area (Å²) < 4.78 is 1.03. The average molecular weight is 526 g/mol. The molecular formula is C24H30BrClN2O2S. The van der Waals surface area contributed by atoms with Gasteiger partial charge >= 0.3 is 0 Å². The van der Waals surface area contributed by atoms with Crippen molar-refractivity contribution >= 4 is 51.1 Å². The molecule has 4 nitrogen and oxygen atoms in total. The summed E-state index contributed by atoms with van der Waals surface area (Å²) in [5.74, 6) is 0.917. The molecule has 0 spiro atoms. The third kappa shape index (κ3) is 8.51. The molecule has 1 N–H and O–H groups in total. The summed E-state index contributed by atoms with van der Waals surface area (Å²) in [6.07, 6.45) is 1.40. The molecule has 2 unspecified atom stereocenters. The number of benzene rings is 2. The van der Waals surface area contributed by atoms with Crippen molar-refractivity contribution in [2.45, 2.75) is 58.0 Å². The third-order valence-corrected chi connectivity index (χ3v) is 6.83. The van der Waals surface area contributed by atoms with E-state index in [1.165, 1.54) is 0 Å². The Bertz CT molecular complexity index is 846. The first kappa shape index (κ1) is 25.8. The van der Waals surface area contributed by atoms with Crippen LogP contribution in [0.3, 0.4) is 0 Å². The SMILES string of the molecule is CCC(C)NC(=O)C(CC)N(Cc1ccc(Cl)cc1)C(=O)CSCc1ccc(Br)cc1. The van der Waals surface area contributed by atoms with Crippen molar-refractivity contribution in [1.29, 1.82) is 0 Å². The van der Waals surface area contributed by atoms with Gasteiger partial charge in [0.25, 0.3) is 0 Å². The molecule has 0 fully saturated rings. The second-order valence-corrected chi connectivity index (χ2v) is 9.85. The Labute approximate surface area is 203 Å². The van der Waals surface area contributed by atoms with E-state index in [1.54, 1.807) is 16.7 Å². The maximum atomic E-state index is 13.2. The van der Waals surface area contributed by atoms with E-state index >= 15 is 0 Å². The zero-order chi connectivity index (χ0) is 22.8. The Kier molecular flexibility index (Phi) is 10.9. The van der Waals surface area contributed by atoms with E-state index < -0.39 is 6.04 Å². The fraction of sp³-hybridized carbons (Fsp3) is 0.417. The highest BCUT2D eigenvalue weighted by Gasteiger charge is 2.29. The van der Waals surface area contributed by atoms with Crippen LogP contribution in [0.25, 0.3) is 0 Å². The molecule has 0 saturated heterocycles. The Hall–Kier alpha value is -1.50. The van der Waals surface area contributed by atoms with Gasteiger partial charge in [-0.3, -0.25) is 9.59 Å².